The van der Waals surface area contributed by atoms with Crippen molar-refractivity contribution in [1.82, 2.24) is 9.88 Å². The largest absolute Gasteiger partial charge is 0.473 e. The highest BCUT2D eigenvalue weighted by atomic mass is 35.5. The molecule has 0 aliphatic rings. The number of carbonyl (C=O) groups is 2. The van der Waals surface area contributed by atoms with Crippen molar-refractivity contribution >= 4 is 46.0 Å². The summed E-state index contributed by atoms with van der Waals surface area (Å²) in [5.41, 5.74) is 2.45. The molecule has 0 radical (unpaired) electrons. The molecule has 8 heteroatoms. The van der Waals surface area contributed by atoms with Crippen LogP contribution in [0.3, 0.4) is 0 Å². The van der Waals surface area contributed by atoms with Gasteiger partial charge in [-0.3, -0.25) is 0 Å². The number of aryl methyl sites for hydroxylation is 1. The van der Waals surface area contributed by atoms with Gasteiger partial charge < -0.3 is 20.1 Å². The molecular formula is C20H20Cl2N2O4. The van der Waals surface area contributed by atoms with Crippen LogP contribution in [0.1, 0.15) is 12.0 Å². The summed E-state index contributed by atoms with van der Waals surface area (Å²) in [5, 5.41) is 20.7. The zero-order valence-electron chi connectivity index (χ0n) is 14.9. The monoisotopic (exact) mass is 422 g/mol. The van der Waals surface area contributed by atoms with Crippen LogP contribution in [0.5, 0.6) is 0 Å². The molecule has 3 aromatic rings. The van der Waals surface area contributed by atoms with Crippen LogP contribution in [-0.4, -0.2) is 33.3 Å². The van der Waals surface area contributed by atoms with Crippen LogP contribution in [-0.2, 0) is 22.7 Å². The minimum atomic E-state index is -1.82. The molecule has 0 spiro atoms. The Morgan fingerprint density at radius 3 is 2.36 bits per heavy atom. The minimum absolute atomic E-state index is 0.602. The van der Waals surface area contributed by atoms with Crippen molar-refractivity contribution < 1.29 is 19.8 Å². The number of hydrogen-bond donors (Lipinski definition) is 3. The lowest BCUT2D eigenvalue weighted by atomic mass is 10.2. The van der Waals surface area contributed by atoms with Crippen LogP contribution in [0.15, 0.2) is 54.7 Å². The maximum Gasteiger partial charge on any atom is 0.414 e. The van der Waals surface area contributed by atoms with Gasteiger partial charge in [0, 0.05) is 24.8 Å². The van der Waals surface area contributed by atoms with E-state index in [1.165, 1.54) is 10.9 Å². The van der Waals surface area contributed by atoms with E-state index < -0.39 is 11.9 Å². The molecule has 28 heavy (non-hydrogen) atoms. The number of halogens is 2. The first-order valence-electron chi connectivity index (χ1n) is 8.53. The lowest BCUT2D eigenvalue weighted by Gasteiger charge is -2.08. The third kappa shape index (κ3) is 6.56. The molecule has 1 heterocycles. The average Bonchev–Trinajstić information content (AvgIpc) is 3.08. The van der Waals surface area contributed by atoms with Crippen molar-refractivity contribution in [3.05, 3.63) is 70.3 Å². The summed E-state index contributed by atoms with van der Waals surface area (Å²) in [6.45, 7) is 2.79. The van der Waals surface area contributed by atoms with E-state index in [2.05, 4.69) is 46.4 Å². The Labute approximate surface area is 172 Å². The van der Waals surface area contributed by atoms with E-state index in [9.17, 15) is 0 Å². The number of aromatic nitrogens is 1. The minimum Gasteiger partial charge on any atom is -0.473 e. The van der Waals surface area contributed by atoms with Gasteiger partial charge in [-0.05, 0) is 48.2 Å². The fraction of sp³-hybridized carbons (Fsp3) is 0.200. The van der Waals surface area contributed by atoms with E-state index in [0.717, 1.165) is 31.6 Å². The molecule has 0 unspecified atom stereocenters. The lowest BCUT2D eigenvalue weighted by molar-refractivity contribution is -0.159. The fourth-order valence-electron chi connectivity index (χ4n) is 2.59. The van der Waals surface area contributed by atoms with Crippen LogP contribution in [0.4, 0.5) is 0 Å². The van der Waals surface area contributed by atoms with Crippen molar-refractivity contribution in [3.63, 3.8) is 0 Å². The number of fused-ring (bicyclic) bond motifs is 1. The number of carboxylic acids is 2. The lowest BCUT2D eigenvalue weighted by Crippen LogP contribution is -2.16. The number of para-hydroxylation sites is 1. The maximum atomic E-state index is 9.10. The Kier molecular flexibility index (Phi) is 8.32. The third-order valence-corrected chi connectivity index (χ3v) is 4.67. The molecule has 0 saturated carbocycles. The maximum absolute atomic E-state index is 9.10. The summed E-state index contributed by atoms with van der Waals surface area (Å²) in [6, 6.07) is 16.4. The highest BCUT2D eigenvalue weighted by molar-refractivity contribution is 6.42. The van der Waals surface area contributed by atoms with E-state index >= 15 is 0 Å². The van der Waals surface area contributed by atoms with Crippen LogP contribution in [0, 0.1) is 0 Å². The smallest absolute Gasteiger partial charge is 0.414 e. The van der Waals surface area contributed by atoms with Crippen molar-refractivity contribution in [1.29, 1.82) is 0 Å². The Bertz CT molecular complexity index is 944. The van der Waals surface area contributed by atoms with Gasteiger partial charge in [0.1, 0.15) is 0 Å². The van der Waals surface area contributed by atoms with Crippen LogP contribution in [0.2, 0.25) is 10.0 Å². The summed E-state index contributed by atoms with van der Waals surface area (Å²) in [4.78, 5) is 18.2. The summed E-state index contributed by atoms with van der Waals surface area (Å²) >= 11 is 11.9. The van der Waals surface area contributed by atoms with Crippen LogP contribution < -0.4 is 5.32 Å². The summed E-state index contributed by atoms with van der Waals surface area (Å²) in [6.07, 6.45) is 3.24. The predicted octanol–water partition coefficient (Wildman–Crippen LogP) is 4.28. The summed E-state index contributed by atoms with van der Waals surface area (Å²) in [7, 11) is 0. The quantitative estimate of drug-likeness (QED) is 0.407. The van der Waals surface area contributed by atoms with Gasteiger partial charge in [-0.1, -0.05) is 47.5 Å². The molecule has 3 rings (SSSR count). The SMILES string of the molecule is Clc1ccc(CNCCCn2ccc3ccccc32)cc1Cl.O=C(O)C(=O)O. The molecule has 0 saturated heterocycles. The highest BCUT2D eigenvalue weighted by Crippen LogP contribution is 2.22. The number of carboxylic acid groups (broad SMARTS) is 2. The molecule has 6 nitrogen and oxygen atoms in total. The van der Waals surface area contributed by atoms with Gasteiger partial charge in [0.05, 0.1) is 10.0 Å². The normalized spacial score (nSPS) is 10.4. The van der Waals surface area contributed by atoms with E-state index in [0.29, 0.717) is 10.0 Å². The van der Waals surface area contributed by atoms with Gasteiger partial charge in [0.25, 0.3) is 0 Å². The molecule has 2 aromatic carbocycles. The molecule has 148 valence electrons. The first kappa shape index (κ1) is 21.8. The van der Waals surface area contributed by atoms with Gasteiger partial charge >= 0.3 is 11.9 Å². The van der Waals surface area contributed by atoms with E-state index in [1.807, 2.05) is 18.2 Å². The average molecular weight is 423 g/mol. The molecule has 3 N–H and O–H groups in total. The van der Waals surface area contributed by atoms with E-state index in [1.54, 1.807) is 0 Å². The van der Waals surface area contributed by atoms with Crippen LogP contribution >= 0.6 is 23.2 Å². The van der Waals surface area contributed by atoms with Crippen molar-refractivity contribution in [2.45, 2.75) is 19.5 Å². The Morgan fingerprint density at radius 1 is 0.964 bits per heavy atom. The summed E-state index contributed by atoms with van der Waals surface area (Å²) in [5.74, 6) is -3.65. The molecule has 0 atom stereocenters. The van der Waals surface area contributed by atoms with Crippen LogP contribution in [0.25, 0.3) is 10.9 Å². The van der Waals surface area contributed by atoms with Gasteiger partial charge in [-0.15, -0.1) is 0 Å². The van der Waals surface area contributed by atoms with Gasteiger partial charge in [0.15, 0.2) is 0 Å². The number of nitrogens with one attached hydrogen (secondary N) is 1. The molecular weight excluding hydrogens is 403 g/mol. The van der Waals surface area contributed by atoms with Crippen molar-refractivity contribution in [2.24, 2.45) is 0 Å². The number of nitrogens with zero attached hydrogens (tertiary/aromatic N) is 1. The standard InChI is InChI=1S/C18H18Cl2N2.C2H2O4/c19-16-7-6-14(12-17(16)20)13-21-9-3-10-22-11-8-15-4-1-2-5-18(15)22;3-1(4)2(5)6/h1-2,4-8,11-12,21H,3,9-10,13H2;(H,3,4)(H,5,6). The van der Waals surface area contributed by atoms with Gasteiger partial charge in [-0.2, -0.15) is 0 Å². The second-order valence-corrected chi connectivity index (χ2v) is 6.77. The molecule has 0 bridgehead atoms. The highest BCUT2D eigenvalue weighted by Gasteiger charge is 2.04. The topological polar surface area (TPSA) is 91.6 Å². The second kappa shape index (κ2) is 10.7. The number of hydrogen-bond acceptors (Lipinski definition) is 3. The number of aliphatic carboxylic acids is 2. The Morgan fingerprint density at radius 2 is 1.68 bits per heavy atom. The van der Waals surface area contributed by atoms with Crippen molar-refractivity contribution in [2.75, 3.05) is 6.54 Å². The molecule has 0 fully saturated rings. The van der Waals surface area contributed by atoms with Gasteiger partial charge in [0.2, 0.25) is 0 Å². The molecule has 0 aliphatic heterocycles. The number of rotatable bonds is 6. The zero-order chi connectivity index (χ0) is 20.5. The predicted molar refractivity (Wildman–Crippen MR) is 110 cm³/mol. The van der Waals surface area contributed by atoms with Gasteiger partial charge in [-0.25, -0.2) is 9.59 Å². The van der Waals surface area contributed by atoms with E-state index in [4.69, 9.17) is 43.0 Å². The zero-order valence-corrected chi connectivity index (χ0v) is 16.5. The third-order valence-electron chi connectivity index (χ3n) is 3.93. The number of benzene rings is 2. The fourth-order valence-corrected chi connectivity index (χ4v) is 2.91. The van der Waals surface area contributed by atoms with E-state index in [-0.39, 0.29) is 0 Å². The Hall–Kier alpha value is -2.54. The summed E-state index contributed by atoms with van der Waals surface area (Å²) < 4.78 is 2.30. The molecule has 0 aliphatic carbocycles. The first-order chi connectivity index (χ1) is 13.4. The second-order valence-electron chi connectivity index (χ2n) is 5.96. The molecule has 1 aromatic heterocycles. The Balaban J connectivity index is 0.000000409. The molecule has 0 amide bonds. The first-order valence-corrected chi connectivity index (χ1v) is 9.29. The van der Waals surface area contributed by atoms with Crippen molar-refractivity contribution in [3.8, 4) is 0 Å².